The first-order chi connectivity index (χ1) is 12.0. The number of halogens is 3. The molecule has 0 N–H and O–H groups in total. The highest BCUT2D eigenvalue weighted by atomic mass is 19.4. The Labute approximate surface area is 140 Å². The second-order valence-electron chi connectivity index (χ2n) is 5.43. The van der Waals surface area contributed by atoms with E-state index in [0.29, 0.717) is 11.7 Å². The molecule has 0 unspecified atom stereocenters. The lowest BCUT2D eigenvalue weighted by molar-refractivity contribution is -0.137. The van der Waals surface area contributed by atoms with Gasteiger partial charge in [0, 0.05) is 12.0 Å². The van der Waals surface area contributed by atoms with Gasteiger partial charge in [-0.15, -0.1) is 10.2 Å². The summed E-state index contributed by atoms with van der Waals surface area (Å²) in [5.74, 6) is 1.02. The number of alkyl halides is 3. The van der Waals surface area contributed by atoms with Crippen LogP contribution in [0.5, 0.6) is 0 Å². The molecule has 10 heteroatoms. The molecule has 2 aromatic heterocycles. The zero-order valence-electron chi connectivity index (χ0n) is 13.4. The third kappa shape index (κ3) is 4.20. The largest absolute Gasteiger partial charge is 0.416 e. The van der Waals surface area contributed by atoms with Gasteiger partial charge >= 0.3 is 6.18 Å². The van der Waals surface area contributed by atoms with Gasteiger partial charge in [0.25, 0.3) is 0 Å². The molecule has 0 amide bonds. The minimum absolute atomic E-state index is 0.0943. The summed E-state index contributed by atoms with van der Waals surface area (Å²) in [7, 11) is 0. The molecule has 132 valence electrons. The summed E-state index contributed by atoms with van der Waals surface area (Å²) in [5, 5.41) is 15.5. The van der Waals surface area contributed by atoms with Crippen molar-refractivity contribution in [1.29, 1.82) is 0 Å². The van der Waals surface area contributed by atoms with Gasteiger partial charge < -0.3 is 4.52 Å². The fourth-order valence-electron chi connectivity index (χ4n) is 2.17. The van der Waals surface area contributed by atoms with Crippen LogP contribution >= 0.6 is 0 Å². The molecule has 0 atom stereocenters. The molecule has 7 nitrogen and oxygen atoms in total. The Hall–Kier alpha value is -2.78. The molecule has 3 aromatic rings. The Morgan fingerprint density at radius 3 is 2.84 bits per heavy atom. The second-order valence-corrected chi connectivity index (χ2v) is 5.43. The van der Waals surface area contributed by atoms with Gasteiger partial charge in [-0.05, 0) is 23.8 Å². The Morgan fingerprint density at radius 1 is 1.24 bits per heavy atom. The van der Waals surface area contributed by atoms with Gasteiger partial charge in [-0.3, -0.25) is 0 Å². The van der Waals surface area contributed by atoms with Gasteiger partial charge in [0.15, 0.2) is 5.82 Å². The van der Waals surface area contributed by atoms with E-state index in [4.69, 9.17) is 4.52 Å². The number of nitrogens with zero attached hydrogens (tertiary/aromatic N) is 6. The van der Waals surface area contributed by atoms with Crippen LogP contribution in [-0.2, 0) is 19.1 Å². The van der Waals surface area contributed by atoms with E-state index in [-0.39, 0.29) is 17.9 Å². The number of rotatable bonds is 6. The van der Waals surface area contributed by atoms with E-state index in [1.54, 1.807) is 0 Å². The van der Waals surface area contributed by atoms with Crippen molar-refractivity contribution in [3.05, 3.63) is 41.5 Å². The van der Waals surface area contributed by atoms with Crippen LogP contribution < -0.4 is 0 Å². The molecule has 0 radical (unpaired) electrons. The molecular formula is C15H15F3N6O. The maximum Gasteiger partial charge on any atom is 0.416 e. The van der Waals surface area contributed by atoms with Crippen LogP contribution in [0.1, 0.15) is 37.0 Å². The first-order valence-corrected chi connectivity index (χ1v) is 7.72. The third-order valence-electron chi connectivity index (χ3n) is 3.44. The normalized spacial score (nSPS) is 11.8. The predicted molar refractivity (Wildman–Crippen MR) is 80.3 cm³/mol. The van der Waals surface area contributed by atoms with Gasteiger partial charge in [-0.25, -0.2) is 0 Å². The lowest BCUT2D eigenvalue weighted by atomic mass is 10.1. The average molecular weight is 352 g/mol. The van der Waals surface area contributed by atoms with Crippen LogP contribution in [0.15, 0.2) is 28.8 Å². The summed E-state index contributed by atoms with van der Waals surface area (Å²) in [6.45, 7) is 2.17. The van der Waals surface area contributed by atoms with Gasteiger partial charge in [0.2, 0.25) is 11.7 Å². The van der Waals surface area contributed by atoms with Gasteiger partial charge in [-0.1, -0.05) is 30.6 Å². The van der Waals surface area contributed by atoms with E-state index in [1.165, 1.54) is 16.9 Å². The summed E-state index contributed by atoms with van der Waals surface area (Å²) >= 11 is 0. The van der Waals surface area contributed by atoms with E-state index in [1.807, 2.05) is 0 Å². The van der Waals surface area contributed by atoms with E-state index in [2.05, 4.69) is 32.5 Å². The monoisotopic (exact) mass is 352 g/mol. The molecule has 25 heavy (non-hydrogen) atoms. The molecule has 0 fully saturated rings. The van der Waals surface area contributed by atoms with Gasteiger partial charge in [0.05, 0.1) is 5.56 Å². The predicted octanol–water partition coefficient (Wildman–Crippen LogP) is 3.13. The highest BCUT2D eigenvalue weighted by Crippen LogP contribution is 2.31. The first kappa shape index (κ1) is 17.1. The molecule has 3 rings (SSSR count). The SMILES string of the molecule is CCCCc1noc(Cn2nnc(-c3cccc(C(F)(F)F)c3)n2)n1. The standard InChI is InChI=1S/C15H15F3N6O/c1-2-3-7-12-19-13(25-22-12)9-24-21-14(20-23-24)10-5-4-6-11(8-10)15(16,17)18/h4-6,8H,2-3,7,9H2,1H3. The lowest BCUT2D eigenvalue weighted by Gasteiger charge is -2.06. The van der Waals surface area contributed by atoms with E-state index in [0.717, 1.165) is 31.4 Å². The van der Waals surface area contributed by atoms with Gasteiger partial charge in [0.1, 0.15) is 6.54 Å². The van der Waals surface area contributed by atoms with Crippen molar-refractivity contribution in [2.45, 2.75) is 38.9 Å². The second kappa shape index (κ2) is 6.99. The number of unbranched alkanes of at least 4 members (excludes halogenated alkanes) is 1. The quantitative estimate of drug-likeness (QED) is 0.678. The number of benzene rings is 1. The van der Waals surface area contributed by atoms with Crippen molar-refractivity contribution in [2.75, 3.05) is 0 Å². The number of tetrazole rings is 1. The first-order valence-electron chi connectivity index (χ1n) is 7.72. The molecule has 0 aliphatic rings. The molecule has 0 aliphatic heterocycles. The third-order valence-corrected chi connectivity index (χ3v) is 3.44. The maximum atomic E-state index is 12.8. The van der Waals surface area contributed by atoms with Crippen molar-refractivity contribution in [3.8, 4) is 11.4 Å². The summed E-state index contributed by atoms with van der Waals surface area (Å²) in [5.41, 5.74) is -0.533. The Balaban J connectivity index is 1.73. The summed E-state index contributed by atoms with van der Waals surface area (Å²) in [4.78, 5) is 5.42. The van der Waals surface area contributed by atoms with Crippen molar-refractivity contribution in [2.24, 2.45) is 0 Å². The zero-order valence-corrected chi connectivity index (χ0v) is 13.4. The Morgan fingerprint density at radius 2 is 2.08 bits per heavy atom. The van der Waals surface area contributed by atoms with Crippen LogP contribution in [0.25, 0.3) is 11.4 Å². The smallest absolute Gasteiger partial charge is 0.337 e. The van der Waals surface area contributed by atoms with Crippen LogP contribution in [0.2, 0.25) is 0 Å². The number of hydrogen-bond donors (Lipinski definition) is 0. The highest BCUT2D eigenvalue weighted by Gasteiger charge is 2.30. The Kier molecular flexibility index (Phi) is 4.77. The average Bonchev–Trinajstić information content (AvgIpc) is 3.22. The van der Waals surface area contributed by atoms with Crippen molar-refractivity contribution >= 4 is 0 Å². The van der Waals surface area contributed by atoms with Crippen LogP contribution in [-0.4, -0.2) is 30.3 Å². The van der Waals surface area contributed by atoms with Crippen molar-refractivity contribution < 1.29 is 17.7 Å². The molecule has 2 heterocycles. The zero-order chi connectivity index (χ0) is 17.9. The van der Waals surface area contributed by atoms with E-state index < -0.39 is 11.7 Å². The fourth-order valence-corrected chi connectivity index (χ4v) is 2.17. The molecule has 1 aromatic carbocycles. The highest BCUT2D eigenvalue weighted by molar-refractivity contribution is 5.55. The van der Waals surface area contributed by atoms with Gasteiger partial charge in [-0.2, -0.15) is 23.0 Å². The van der Waals surface area contributed by atoms with Crippen LogP contribution in [0.4, 0.5) is 13.2 Å². The van der Waals surface area contributed by atoms with Crippen molar-refractivity contribution in [1.82, 2.24) is 30.3 Å². The van der Waals surface area contributed by atoms with E-state index in [9.17, 15) is 13.2 Å². The lowest BCUT2D eigenvalue weighted by Crippen LogP contribution is -2.05. The molecule has 0 spiro atoms. The molecule has 0 bridgehead atoms. The summed E-state index contributed by atoms with van der Waals surface area (Å²) in [6.07, 6.45) is -1.72. The number of aryl methyl sites for hydroxylation is 1. The number of aromatic nitrogens is 6. The minimum Gasteiger partial charge on any atom is -0.337 e. The summed E-state index contributed by atoms with van der Waals surface area (Å²) in [6, 6.07) is 4.77. The molecule has 0 saturated heterocycles. The summed E-state index contributed by atoms with van der Waals surface area (Å²) < 4.78 is 43.4. The minimum atomic E-state index is -4.43. The van der Waals surface area contributed by atoms with E-state index >= 15 is 0 Å². The van der Waals surface area contributed by atoms with Crippen LogP contribution in [0.3, 0.4) is 0 Å². The van der Waals surface area contributed by atoms with Crippen molar-refractivity contribution in [3.63, 3.8) is 0 Å². The fraction of sp³-hybridized carbons (Fsp3) is 0.400. The maximum absolute atomic E-state index is 12.8. The Bertz CT molecular complexity index is 842. The van der Waals surface area contributed by atoms with Crippen LogP contribution in [0, 0.1) is 0 Å². The molecule has 0 saturated carbocycles. The topological polar surface area (TPSA) is 82.5 Å². The number of hydrogen-bond acceptors (Lipinski definition) is 6. The molecular weight excluding hydrogens is 337 g/mol. The molecule has 0 aliphatic carbocycles.